The van der Waals surface area contributed by atoms with E-state index < -0.39 is 5.82 Å². The van der Waals surface area contributed by atoms with Crippen LogP contribution in [0.1, 0.15) is 24.8 Å². The van der Waals surface area contributed by atoms with Crippen LogP contribution in [0.4, 0.5) is 26.1 Å². The van der Waals surface area contributed by atoms with Crippen molar-refractivity contribution in [3.8, 4) is 11.3 Å². The van der Waals surface area contributed by atoms with Crippen LogP contribution in [0.2, 0.25) is 0 Å². The minimum Gasteiger partial charge on any atom is -0.369 e. The molecule has 2 heterocycles. The van der Waals surface area contributed by atoms with Crippen LogP contribution in [0, 0.1) is 11.6 Å². The molecule has 1 aromatic heterocycles. The molecule has 164 valence electrons. The largest absolute Gasteiger partial charge is 0.369 e. The first-order valence-corrected chi connectivity index (χ1v) is 10.6. The first-order valence-electron chi connectivity index (χ1n) is 10.6. The van der Waals surface area contributed by atoms with Gasteiger partial charge in [0.1, 0.15) is 11.6 Å². The fourth-order valence-corrected chi connectivity index (χ4v) is 3.81. The highest BCUT2D eigenvalue weighted by Crippen LogP contribution is 2.28. The lowest BCUT2D eigenvalue weighted by molar-refractivity contribution is -0.114. The third kappa shape index (κ3) is 4.99. The lowest BCUT2D eigenvalue weighted by Gasteiger charge is -2.29. The van der Waals surface area contributed by atoms with Crippen LogP contribution in [-0.2, 0) is 11.2 Å². The normalized spacial score (nSPS) is 13.6. The van der Waals surface area contributed by atoms with E-state index >= 15 is 0 Å². The minimum absolute atomic E-state index is 0.0613. The zero-order chi connectivity index (χ0) is 22.5. The van der Waals surface area contributed by atoms with Crippen LogP contribution >= 0.6 is 0 Å². The van der Waals surface area contributed by atoms with Gasteiger partial charge in [-0.05, 0) is 73.4 Å². The highest BCUT2D eigenvalue weighted by Gasteiger charge is 2.16. The molecule has 7 heteroatoms. The Bertz CT molecular complexity index is 1140. The van der Waals surface area contributed by atoms with Crippen molar-refractivity contribution in [2.45, 2.75) is 25.7 Å². The standard InChI is InChI=1S/C25H24F2N4O/c1-2-20(32)15-18-14-17(6-8-21(18)26)23-10-11-28-25(30-23)29-19-7-9-22(27)24(16-19)31-12-4-3-5-13-31/h2,6-11,14,16H,1,3-5,12-13,15H2,(H,28,29,30). The third-order valence-corrected chi connectivity index (χ3v) is 5.49. The lowest BCUT2D eigenvalue weighted by atomic mass is 10.0. The van der Waals surface area contributed by atoms with Crippen LogP contribution in [0.25, 0.3) is 11.3 Å². The number of hydrogen-bond donors (Lipinski definition) is 1. The molecule has 3 aromatic rings. The number of rotatable bonds is 7. The Morgan fingerprint density at radius 2 is 1.84 bits per heavy atom. The van der Waals surface area contributed by atoms with Crippen molar-refractivity contribution >= 4 is 23.1 Å². The molecule has 0 saturated carbocycles. The van der Waals surface area contributed by atoms with E-state index in [9.17, 15) is 13.6 Å². The molecule has 0 amide bonds. The average molecular weight is 434 g/mol. The Balaban J connectivity index is 1.57. The van der Waals surface area contributed by atoms with E-state index in [1.54, 1.807) is 36.5 Å². The van der Waals surface area contributed by atoms with Gasteiger partial charge in [0.2, 0.25) is 5.95 Å². The van der Waals surface area contributed by atoms with Crippen molar-refractivity contribution in [1.29, 1.82) is 0 Å². The van der Waals surface area contributed by atoms with E-state index in [0.717, 1.165) is 25.9 Å². The predicted octanol–water partition coefficient (Wildman–Crippen LogP) is 5.45. The molecule has 4 rings (SSSR count). The van der Waals surface area contributed by atoms with Gasteiger partial charge < -0.3 is 10.2 Å². The second-order valence-electron chi connectivity index (χ2n) is 7.76. The fraction of sp³-hybridized carbons (Fsp3) is 0.240. The minimum atomic E-state index is -0.451. The maximum atomic E-state index is 14.4. The van der Waals surface area contributed by atoms with Crippen molar-refractivity contribution in [3.05, 3.63) is 78.5 Å². The summed E-state index contributed by atoms with van der Waals surface area (Å²) in [5, 5.41) is 3.13. The van der Waals surface area contributed by atoms with E-state index in [1.165, 1.54) is 24.6 Å². The highest BCUT2D eigenvalue weighted by atomic mass is 19.1. The van der Waals surface area contributed by atoms with Crippen molar-refractivity contribution in [2.24, 2.45) is 0 Å². The number of aromatic nitrogens is 2. The molecule has 32 heavy (non-hydrogen) atoms. The molecule has 0 bridgehead atoms. The number of hydrogen-bond acceptors (Lipinski definition) is 5. The summed E-state index contributed by atoms with van der Waals surface area (Å²) in [5.41, 5.74) is 2.77. The van der Waals surface area contributed by atoms with Crippen LogP contribution < -0.4 is 10.2 Å². The maximum Gasteiger partial charge on any atom is 0.227 e. The quantitative estimate of drug-likeness (QED) is 0.501. The summed E-state index contributed by atoms with van der Waals surface area (Å²) in [7, 11) is 0. The third-order valence-electron chi connectivity index (χ3n) is 5.49. The van der Waals surface area contributed by atoms with Crippen LogP contribution in [0.3, 0.4) is 0 Å². The summed E-state index contributed by atoms with van der Waals surface area (Å²) in [5.74, 6) is -0.619. The summed E-state index contributed by atoms with van der Waals surface area (Å²) >= 11 is 0. The summed E-state index contributed by atoms with van der Waals surface area (Å²) in [4.78, 5) is 22.5. The van der Waals surface area contributed by atoms with E-state index in [1.807, 2.05) is 0 Å². The number of piperidine rings is 1. The van der Waals surface area contributed by atoms with E-state index in [2.05, 4.69) is 26.8 Å². The molecule has 0 radical (unpaired) electrons. The topological polar surface area (TPSA) is 58.1 Å². The summed E-state index contributed by atoms with van der Waals surface area (Å²) in [6.45, 7) is 5.11. The number of carbonyl (C=O) groups excluding carboxylic acids is 1. The van der Waals surface area contributed by atoms with Gasteiger partial charge in [0, 0.05) is 37.0 Å². The molecule has 5 nitrogen and oxygen atoms in total. The SMILES string of the molecule is C=CC(=O)Cc1cc(-c2ccnc(Nc3ccc(F)c(N4CCCCC4)c3)n2)ccc1F. The summed E-state index contributed by atoms with van der Waals surface area (Å²) < 4.78 is 28.5. The molecule has 1 saturated heterocycles. The van der Waals surface area contributed by atoms with Gasteiger partial charge >= 0.3 is 0 Å². The van der Waals surface area contributed by atoms with Gasteiger partial charge in [-0.15, -0.1) is 0 Å². The number of carbonyl (C=O) groups is 1. The fourth-order valence-electron chi connectivity index (χ4n) is 3.81. The molecule has 0 unspecified atom stereocenters. The van der Waals surface area contributed by atoms with Gasteiger partial charge in [-0.3, -0.25) is 4.79 Å². The van der Waals surface area contributed by atoms with Crippen LogP contribution in [0.5, 0.6) is 0 Å². The number of ketones is 1. The highest BCUT2D eigenvalue weighted by molar-refractivity contribution is 5.91. The van der Waals surface area contributed by atoms with Gasteiger partial charge in [0.15, 0.2) is 5.78 Å². The number of allylic oxidation sites excluding steroid dienone is 1. The lowest BCUT2D eigenvalue weighted by Crippen LogP contribution is -2.30. The van der Waals surface area contributed by atoms with Gasteiger partial charge in [0.05, 0.1) is 11.4 Å². The second kappa shape index (κ2) is 9.68. The molecule has 1 aliphatic rings. The molecule has 0 spiro atoms. The van der Waals surface area contributed by atoms with Crippen molar-refractivity contribution in [1.82, 2.24) is 9.97 Å². The molecule has 1 aliphatic heterocycles. The first kappa shape index (κ1) is 21.6. The Morgan fingerprint density at radius 1 is 1.06 bits per heavy atom. The Morgan fingerprint density at radius 3 is 2.62 bits per heavy atom. The zero-order valence-electron chi connectivity index (χ0n) is 17.7. The van der Waals surface area contributed by atoms with Gasteiger partial charge in [0.25, 0.3) is 0 Å². The van der Waals surface area contributed by atoms with Crippen molar-refractivity contribution < 1.29 is 13.6 Å². The van der Waals surface area contributed by atoms with Crippen molar-refractivity contribution in [2.75, 3.05) is 23.3 Å². The molecule has 0 atom stereocenters. The molecule has 1 fully saturated rings. The zero-order valence-corrected chi connectivity index (χ0v) is 17.7. The van der Waals surface area contributed by atoms with Gasteiger partial charge in [-0.25, -0.2) is 18.7 Å². The van der Waals surface area contributed by atoms with Crippen LogP contribution in [0.15, 0.2) is 61.3 Å². The van der Waals surface area contributed by atoms with Crippen LogP contribution in [-0.4, -0.2) is 28.8 Å². The number of benzene rings is 2. The molecular weight excluding hydrogens is 410 g/mol. The summed E-state index contributed by atoms with van der Waals surface area (Å²) in [6.07, 6.45) is 6.00. The molecular formula is C25H24F2N4O. The molecule has 1 N–H and O–H groups in total. The smallest absolute Gasteiger partial charge is 0.227 e. The van der Waals surface area contributed by atoms with E-state index in [0.29, 0.717) is 28.6 Å². The number of nitrogens with one attached hydrogen (secondary N) is 1. The number of anilines is 3. The monoisotopic (exact) mass is 434 g/mol. The predicted molar refractivity (Wildman–Crippen MR) is 122 cm³/mol. The Hall–Kier alpha value is -3.61. The molecule has 0 aliphatic carbocycles. The first-order chi connectivity index (χ1) is 15.5. The van der Waals surface area contributed by atoms with Crippen molar-refractivity contribution in [3.63, 3.8) is 0 Å². The number of halogens is 2. The van der Waals surface area contributed by atoms with Gasteiger partial charge in [-0.1, -0.05) is 6.58 Å². The van der Waals surface area contributed by atoms with E-state index in [4.69, 9.17) is 0 Å². The van der Waals surface area contributed by atoms with Gasteiger partial charge in [-0.2, -0.15) is 0 Å². The molecule has 2 aromatic carbocycles. The Labute approximate surface area is 185 Å². The summed E-state index contributed by atoms with van der Waals surface area (Å²) in [6, 6.07) is 11.1. The second-order valence-corrected chi connectivity index (χ2v) is 7.76. The average Bonchev–Trinajstić information content (AvgIpc) is 2.82. The van der Waals surface area contributed by atoms with E-state index in [-0.39, 0.29) is 23.6 Å². The number of nitrogens with zero attached hydrogens (tertiary/aromatic N) is 3. The Kier molecular flexibility index (Phi) is 6.54. The maximum absolute atomic E-state index is 14.4.